The van der Waals surface area contributed by atoms with E-state index >= 15 is 0 Å². The first-order valence-corrected chi connectivity index (χ1v) is 10.0. The first-order chi connectivity index (χ1) is 13.8. The fourth-order valence-corrected chi connectivity index (χ4v) is 3.91. The van der Waals surface area contributed by atoms with Crippen LogP contribution in [0.3, 0.4) is 0 Å². The van der Waals surface area contributed by atoms with Gasteiger partial charge in [-0.2, -0.15) is 0 Å². The predicted molar refractivity (Wildman–Crippen MR) is 109 cm³/mol. The lowest BCUT2D eigenvalue weighted by molar-refractivity contribution is 0.0746. The van der Waals surface area contributed by atoms with E-state index in [1.165, 1.54) is 19.3 Å². The summed E-state index contributed by atoms with van der Waals surface area (Å²) in [7, 11) is 1.69. The number of amides is 1. The zero-order valence-electron chi connectivity index (χ0n) is 16.4. The van der Waals surface area contributed by atoms with Gasteiger partial charge in [-0.3, -0.25) is 4.79 Å². The molecule has 1 aromatic carbocycles. The van der Waals surface area contributed by atoms with E-state index < -0.39 is 0 Å². The fourth-order valence-electron chi connectivity index (χ4n) is 3.91. The minimum Gasteiger partial charge on any atom is -0.495 e. The van der Waals surface area contributed by atoms with Crippen molar-refractivity contribution in [3.05, 3.63) is 42.2 Å². The van der Waals surface area contributed by atoms with E-state index in [9.17, 15) is 4.79 Å². The second-order valence-electron chi connectivity index (χ2n) is 7.27. The number of piperidine rings is 1. The predicted octanol–water partition coefficient (Wildman–Crippen LogP) is 2.44. The number of aromatic nitrogens is 2. The smallest absolute Gasteiger partial charge is 0.257 e. The molecule has 7 nitrogen and oxygen atoms in total. The van der Waals surface area contributed by atoms with Crippen molar-refractivity contribution in [3.63, 3.8) is 0 Å². The van der Waals surface area contributed by atoms with E-state index in [0.717, 1.165) is 43.6 Å². The summed E-state index contributed by atoms with van der Waals surface area (Å²) in [6, 6.07) is 8.00. The van der Waals surface area contributed by atoms with Gasteiger partial charge in [-0.05, 0) is 31.4 Å². The number of hydrogen-bond acceptors (Lipinski definition) is 6. The summed E-state index contributed by atoms with van der Waals surface area (Å²) in [5, 5.41) is 0. The Morgan fingerprint density at radius 3 is 2.25 bits per heavy atom. The molecule has 0 radical (unpaired) electrons. The minimum atomic E-state index is 0.00451. The molecule has 0 saturated carbocycles. The summed E-state index contributed by atoms with van der Waals surface area (Å²) < 4.78 is 5.46. The van der Waals surface area contributed by atoms with Crippen molar-refractivity contribution in [2.24, 2.45) is 0 Å². The number of benzene rings is 1. The van der Waals surface area contributed by atoms with Crippen molar-refractivity contribution < 1.29 is 9.53 Å². The molecule has 3 heterocycles. The third-order valence-corrected chi connectivity index (χ3v) is 5.52. The highest BCUT2D eigenvalue weighted by atomic mass is 16.5. The molecule has 1 amide bonds. The Hall–Kier alpha value is -2.83. The molecular formula is C21H27N5O2. The molecule has 0 N–H and O–H groups in total. The van der Waals surface area contributed by atoms with Crippen molar-refractivity contribution in [1.29, 1.82) is 0 Å². The number of methoxy groups -OCH3 is 1. The molecule has 148 valence electrons. The van der Waals surface area contributed by atoms with Crippen LogP contribution in [0.25, 0.3) is 0 Å². The zero-order chi connectivity index (χ0) is 19.3. The number of rotatable bonds is 4. The average Bonchev–Trinajstić information content (AvgIpc) is 2.79. The number of anilines is 2. The van der Waals surface area contributed by atoms with Crippen LogP contribution in [0.1, 0.15) is 29.6 Å². The number of carbonyl (C=O) groups is 1. The Bertz CT molecular complexity index is 797. The van der Waals surface area contributed by atoms with Crippen LogP contribution in [0.15, 0.2) is 36.7 Å². The van der Waals surface area contributed by atoms with Gasteiger partial charge in [-0.25, -0.2) is 9.97 Å². The molecule has 4 rings (SSSR count). The largest absolute Gasteiger partial charge is 0.495 e. The highest BCUT2D eigenvalue weighted by Crippen LogP contribution is 2.28. The third kappa shape index (κ3) is 3.88. The van der Waals surface area contributed by atoms with Crippen LogP contribution in [0.4, 0.5) is 11.6 Å². The Morgan fingerprint density at radius 2 is 1.57 bits per heavy atom. The van der Waals surface area contributed by atoms with Gasteiger partial charge in [-0.1, -0.05) is 12.1 Å². The molecule has 7 heteroatoms. The molecule has 0 unspecified atom stereocenters. The van der Waals surface area contributed by atoms with E-state index in [1.54, 1.807) is 19.5 Å². The Kier molecular flexibility index (Phi) is 5.60. The van der Waals surface area contributed by atoms with Crippen molar-refractivity contribution in [2.45, 2.75) is 19.3 Å². The Morgan fingerprint density at radius 1 is 0.893 bits per heavy atom. The molecule has 0 spiro atoms. The molecular weight excluding hydrogens is 354 g/mol. The van der Waals surface area contributed by atoms with Crippen LogP contribution in [-0.4, -0.2) is 67.2 Å². The Labute approximate surface area is 165 Å². The Balaban J connectivity index is 1.37. The summed E-state index contributed by atoms with van der Waals surface area (Å²) in [6.07, 6.45) is 6.98. The number of nitrogens with zero attached hydrogens (tertiary/aromatic N) is 5. The lowest BCUT2D eigenvalue weighted by Gasteiger charge is -2.36. The van der Waals surface area contributed by atoms with Crippen LogP contribution in [-0.2, 0) is 0 Å². The summed E-state index contributed by atoms with van der Waals surface area (Å²) in [5.74, 6) is 1.60. The normalized spacial score (nSPS) is 17.5. The van der Waals surface area contributed by atoms with Crippen molar-refractivity contribution >= 4 is 17.5 Å². The van der Waals surface area contributed by atoms with Gasteiger partial charge in [0.15, 0.2) is 0 Å². The van der Waals surface area contributed by atoms with Gasteiger partial charge in [0.1, 0.15) is 5.75 Å². The van der Waals surface area contributed by atoms with Crippen molar-refractivity contribution in [1.82, 2.24) is 14.9 Å². The van der Waals surface area contributed by atoms with Gasteiger partial charge in [-0.15, -0.1) is 0 Å². The maximum Gasteiger partial charge on any atom is 0.257 e. The molecule has 1 aromatic heterocycles. The van der Waals surface area contributed by atoms with Crippen molar-refractivity contribution in [3.8, 4) is 5.75 Å². The lowest BCUT2D eigenvalue weighted by atomic mass is 10.1. The molecule has 2 saturated heterocycles. The number of para-hydroxylation sites is 2. The SMILES string of the molecule is COc1ccccc1N1CCN(C(=O)c2cnc(N3CCCCC3)nc2)CC1. The highest BCUT2D eigenvalue weighted by Gasteiger charge is 2.24. The quantitative estimate of drug-likeness (QED) is 0.811. The van der Waals surface area contributed by atoms with Crippen LogP contribution < -0.4 is 14.5 Å². The number of ether oxygens (including phenoxy) is 1. The summed E-state index contributed by atoms with van der Waals surface area (Å²) >= 11 is 0. The van der Waals surface area contributed by atoms with Gasteiger partial charge in [0.25, 0.3) is 5.91 Å². The molecule has 0 bridgehead atoms. The molecule has 2 fully saturated rings. The van der Waals surface area contributed by atoms with Gasteiger partial charge < -0.3 is 19.4 Å². The lowest BCUT2D eigenvalue weighted by Crippen LogP contribution is -2.49. The number of piperazine rings is 1. The highest BCUT2D eigenvalue weighted by molar-refractivity contribution is 5.93. The van der Waals surface area contributed by atoms with Crippen LogP contribution in [0.5, 0.6) is 5.75 Å². The van der Waals surface area contributed by atoms with Gasteiger partial charge >= 0.3 is 0 Å². The first-order valence-electron chi connectivity index (χ1n) is 10.0. The third-order valence-electron chi connectivity index (χ3n) is 5.52. The topological polar surface area (TPSA) is 61.8 Å². The van der Waals surface area contributed by atoms with Crippen LogP contribution in [0.2, 0.25) is 0 Å². The monoisotopic (exact) mass is 381 g/mol. The summed E-state index contributed by atoms with van der Waals surface area (Å²) in [4.78, 5) is 28.1. The minimum absolute atomic E-state index is 0.00451. The number of hydrogen-bond donors (Lipinski definition) is 0. The molecule has 2 aliphatic heterocycles. The molecule has 0 aliphatic carbocycles. The molecule has 28 heavy (non-hydrogen) atoms. The van der Waals surface area contributed by atoms with Gasteiger partial charge in [0.05, 0.1) is 18.4 Å². The van der Waals surface area contributed by atoms with Gasteiger partial charge in [0, 0.05) is 51.7 Å². The fraction of sp³-hybridized carbons (Fsp3) is 0.476. The standard InChI is InChI=1S/C21H27N5O2/c1-28-19-8-4-3-7-18(19)24-11-13-25(14-12-24)20(27)17-15-22-21(23-16-17)26-9-5-2-6-10-26/h3-4,7-8,15-16H,2,5-6,9-14H2,1H3. The molecule has 2 aromatic rings. The summed E-state index contributed by atoms with van der Waals surface area (Å²) in [6.45, 7) is 4.89. The van der Waals surface area contributed by atoms with E-state index in [4.69, 9.17) is 4.74 Å². The van der Waals surface area contributed by atoms with Crippen molar-refractivity contribution in [2.75, 3.05) is 56.2 Å². The van der Waals surface area contributed by atoms with E-state index in [2.05, 4.69) is 25.8 Å². The number of carbonyl (C=O) groups excluding carboxylic acids is 1. The maximum atomic E-state index is 12.8. The molecule has 2 aliphatic rings. The molecule has 0 atom stereocenters. The average molecular weight is 381 g/mol. The van der Waals surface area contributed by atoms with Gasteiger partial charge in [0.2, 0.25) is 5.95 Å². The van der Waals surface area contributed by atoms with E-state index in [1.807, 2.05) is 23.1 Å². The second kappa shape index (κ2) is 8.46. The van der Waals surface area contributed by atoms with E-state index in [0.29, 0.717) is 18.7 Å². The summed E-state index contributed by atoms with van der Waals surface area (Å²) in [5.41, 5.74) is 1.64. The zero-order valence-corrected chi connectivity index (χ0v) is 16.4. The van der Waals surface area contributed by atoms with E-state index in [-0.39, 0.29) is 5.91 Å². The van der Waals surface area contributed by atoms with Crippen LogP contribution in [0, 0.1) is 0 Å². The second-order valence-corrected chi connectivity index (χ2v) is 7.27. The maximum absolute atomic E-state index is 12.8. The van der Waals surface area contributed by atoms with Crippen LogP contribution >= 0.6 is 0 Å². The first kappa shape index (κ1) is 18.5.